The topological polar surface area (TPSA) is 14.1 Å². The summed E-state index contributed by atoms with van der Waals surface area (Å²) in [5, 5.41) is 4.30. The molecule has 1 nitrogen and oxygen atoms in total. The Balaban J connectivity index is 2.28. The van der Waals surface area contributed by atoms with Crippen LogP contribution in [-0.2, 0) is 0 Å². The van der Waals surface area contributed by atoms with Crippen molar-refractivity contribution in [1.29, 1.82) is 0 Å². The Morgan fingerprint density at radius 2 is 2.33 bits per heavy atom. The molecule has 1 aliphatic carbocycles. The Kier molecular flexibility index (Phi) is 1.16. The second-order valence-electron chi connectivity index (χ2n) is 2.61. The SMILES string of the molecule is C1=CC2=C(CC1)C[N]C2. The lowest BCUT2D eigenvalue weighted by Crippen LogP contribution is -1.98. The molecular weight excluding hydrogens is 110 g/mol. The molecule has 1 radical (unpaired) electrons. The number of nitrogens with zero attached hydrogens (tertiary/aromatic N) is 1. The van der Waals surface area contributed by atoms with Crippen LogP contribution < -0.4 is 5.32 Å². The van der Waals surface area contributed by atoms with Gasteiger partial charge in [-0.05, 0) is 24.0 Å². The maximum atomic E-state index is 4.30. The van der Waals surface area contributed by atoms with E-state index in [9.17, 15) is 0 Å². The summed E-state index contributed by atoms with van der Waals surface area (Å²) in [7, 11) is 0. The number of hydrogen-bond donors (Lipinski definition) is 0. The Morgan fingerprint density at radius 1 is 1.33 bits per heavy atom. The third-order valence-electron chi connectivity index (χ3n) is 1.97. The minimum atomic E-state index is 0.978. The minimum absolute atomic E-state index is 0.978. The molecule has 2 rings (SSSR count). The Morgan fingerprint density at radius 3 is 3.22 bits per heavy atom. The first kappa shape index (κ1) is 5.24. The average Bonchev–Trinajstić information content (AvgIpc) is 2.33. The lowest BCUT2D eigenvalue weighted by molar-refractivity contribution is 0.827. The van der Waals surface area contributed by atoms with Crippen molar-refractivity contribution in [2.75, 3.05) is 13.1 Å². The van der Waals surface area contributed by atoms with Crippen LogP contribution in [0.1, 0.15) is 12.8 Å². The Hall–Kier alpha value is -0.560. The summed E-state index contributed by atoms with van der Waals surface area (Å²) < 4.78 is 0. The van der Waals surface area contributed by atoms with Crippen LogP contribution in [0.2, 0.25) is 0 Å². The zero-order valence-electron chi connectivity index (χ0n) is 5.43. The molecule has 47 valence electrons. The third kappa shape index (κ3) is 0.815. The van der Waals surface area contributed by atoms with E-state index in [4.69, 9.17) is 0 Å². The van der Waals surface area contributed by atoms with E-state index in [1.165, 1.54) is 18.4 Å². The lowest BCUT2D eigenvalue weighted by atomic mass is 10.0. The minimum Gasteiger partial charge on any atom is -0.233 e. The second kappa shape index (κ2) is 1.99. The fourth-order valence-corrected chi connectivity index (χ4v) is 1.42. The normalized spacial score (nSPS) is 24.9. The van der Waals surface area contributed by atoms with Gasteiger partial charge in [0.15, 0.2) is 0 Å². The van der Waals surface area contributed by atoms with Crippen molar-refractivity contribution in [3.05, 3.63) is 23.3 Å². The van der Waals surface area contributed by atoms with Gasteiger partial charge in [0.05, 0.1) is 0 Å². The van der Waals surface area contributed by atoms with Crippen molar-refractivity contribution < 1.29 is 0 Å². The lowest BCUT2D eigenvalue weighted by Gasteiger charge is -2.04. The van der Waals surface area contributed by atoms with Gasteiger partial charge >= 0.3 is 0 Å². The van der Waals surface area contributed by atoms with Crippen LogP contribution >= 0.6 is 0 Å². The van der Waals surface area contributed by atoms with Crippen LogP contribution in [0.25, 0.3) is 0 Å². The molecule has 0 aromatic rings. The summed E-state index contributed by atoms with van der Waals surface area (Å²) in [6, 6.07) is 0. The number of rotatable bonds is 0. The summed E-state index contributed by atoms with van der Waals surface area (Å²) in [5.41, 5.74) is 3.07. The predicted octanol–water partition coefficient (Wildman–Crippen LogP) is 1.25. The van der Waals surface area contributed by atoms with E-state index in [0.29, 0.717) is 0 Å². The van der Waals surface area contributed by atoms with Crippen molar-refractivity contribution in [2.24, 2.45) is 0 Å². The number of hydrogen-bond acceptors (Lipinski definition) is 0. The summed E-state index contributed by atoms with van der Waals surface area (Å²) in [6.07, 6.45) is 6.97. The van der Waals surface area contributed by atoms with Gasteiger partial charge in [-0.2, -0.15) is 0 Å². The van der Waals surface area contributed by atoms with Crippen molar-refractivity contribution in [2.45, 2.75) is 12.8 Å². The van der Waals surface area contributed by atoms with Gasteiger partial charge in [0.1, 0.15) is 0 Å². The third-order valence-corrected chi connectivity index (χ3v) is 1.97. The second-order valence-corrected chi connectivity index (χ2v) is 2.61. The smallest absolute Gasteiger partial charge is 0.0387 e. The monoisotopic (exact) mass is 120 g/mol. The van der Waals surface area contributed by atoms with Gasteiger partial charge < -0.3 is 0 Å². The van der Waals surface area contributed by atoms with Crippen LogP contribution in [0.4, 0.5) is 0 Å². The van der Waals surface area contributed by atoms with Crippen LogP contribution in [0.5, 0.6) is 0 Å². The molecule has 0 aromatic carbocycles. The van der Waals surface area contributed by atoms with Gasteiger partial charge in [0.2, 0.25) is 0 Å². The first-order valence-corrected chi connectivity index (χ1v) is 3.47. The molecule has 0 aromatic heterocycles. The molecule has 1 aliphatic heterocycles. The highest BCUT2D eigenvalue weighted by molar-refractivity contribution is 5.34. The fraction of sp³-hybridized carbons (Fsp3) is 0.500. The molecule has 0 saturated carbocycles. The quantitative estimate of drug-likeness (QED) is 0.457. The standard InChI is InChI=1S/C8H10N/c1-2-4-8-6-9-5-7(8)3-1/h1,3H,2,4-6H2. The number of allylic oxidation sites excluding steroid dienone is 1. The van der Waals surface area contributed by atoms with Gasteiger partial charge in [-0.25, -0.2) is 5.32 Å². The highest BCUT2D eigenvalue weighted by Crippen LogP contribution is 2.21. The summed E-state index contributed by atoms with van der Waals surface area (Å²) in [5.74, 6) is 0. The zero-order valence-corrected chi connectivity index (χ0v) is 5.43. The molecule has 2 aliphatic rings. The van der Waals surface area contributed by atoms with E-state index in [2.05, 4.69) is 17.5 Å². The van der Waals surface area contributed by atoms with Crippen molar-refractivity contribution >= 4 is 0 Å². The van der Waals surface area contributed by atoms with Crippen molar-refractivity contribution in [1.82, 2.24) is 5.32 Å². The van der Waals surface area contributed by atoms with Gasteiger partial charge in [0, 0.05) is 13.1 Å². The van der Waals surface area contributed by atoms with E-state index in [1.807, 2.05) is 0 Å². The van der Waals surface area contributed by atoms with Crippen LogP contribution in [0.3, 0.4) is 0 Å². The molecule has 0 fully saturated rings. The Labute approximate surface area is 55.5 Å². The Bertz CT molecular complexity index is 177. The summed E-state index contributed by atoms with van der Waals surface area (Å²) in [4.78, 5) is 0. The van der Waals surface area contributed by atoms with Gasteiger partial charge in [-0.3, -0.25) is 0 Å². The van der Waals surface area contributed by atoms with E-state index < -0.39 is 0 Å². The van der Waals surface area contributed by atoms with Gasteiger partial charge in [-0.1, -0.05) is 12.2 Å². The highest BCUT2D eigenvalue weighted by atomic mass is 14.9. The maximum Gasteiger partial charge on any atom is 0.0387 e. The zero-order chi connectivity index (χ0) is 6.10. The molecule has 9 heavy (non-hydrogen) atoms. The van der Waals surface area contributed by atoms with E-state index in [1.54, 1.807) is 5.57 Å². The van der Waals surface area contributed by atoms with E-state index in [-0.39, 0.29) is 0 Å². The molecule has 0 unspecified atom stereocenters. The first-order valence-electron chi connectivity index (χ1n) is 3.47. The predicted molar refractivity (Wildman–Crippen MR) is 37.3 cm³/mol. The van der Waals surface area contributed by atoms with Gasteiger partial charge in [-0.15, -0.1) is 0 Å². The molecule has 1 heterocycles. The molecule has 0 amide bonds. The van der Waals surface area contributed by atoms with E-state index in [0.717, 1.165) is 13.1 Å². The van der Waals surface area contributed by atoms with Crippen molar-refractivity contribution in [3.8, 4) is 0 Å². The highest BCUT2D eigenvalue weighted by Gasteiger charge is 2.13. The molecule has 0 atom stereocenters. The largest absolute Gasteiger partial charge is 0.233 e. The average molecular weight is 120 g/mol. The van der Waals surface area contributed by atoms with E-state index >= 15 is 0 Å². The maximum absolute atomic E-state index is 4.30. The van der Waals surface area contributed by atoms with Crippen LogP contribution in [0, 0.1) is 0 Å². The molecule has 1 heteroatoms. The van der Waals surface area contributed by atoms with Crippen LogP contribution in [-0.4, -0.2) is 13.1 Å². The fourth-order valence-electron chi connectivity index (χ4n) is 1.42. The van der Waals surface area contributed by atoms with Crippen molar-refractivity contribution in [3.63, 3.8) is 0 Å². The molecular formula is C8H10N. The summed E-state index contributed by atoms with van der Waals surface area (Å²) in [6.45, 7) is 1.99. The molecule has 0 bridgehead atoms. The molecule has 0 spiro atoms. The molecule has 0 saturated heterocycles. The van der Waals surface area contributed by atoms with Gasteiger partial charge in [0.25, 0.3) is 0 Å². The van der Waals surface area contributed by atoms with Crippen LogP contribution in [0.15, 0.2) is 23.3 Å². The first-order chi connectivity index (χ1) is 4.47. The molecule has 0 N–H and O–H groups in total. The summed E-state index contributed by atoms with van der Waals surface area (Å²) >= 11 is 0.